The molecular weight excluding hydrogens is 202 g/mol. The molecular formula is C13H9NS. The Bertz CT molecular complexity index is 584. The maximum Gasteiger partial charge on any atom is 0.0348 e. The second-order valence-corrected chi connectivity index (χ2v) is 4.32. The van der Waals surface area contributed by atoms with Gasteiger partial charge in [-0.2, -0.15) is 0 Å². The largest absolute Gasteiger partial charge is 0.265 e. The SMILES string of the molecule is c1cc(-c2ccncc2)c2ccsc2c1. The fourth-order valence-corrected chi connectivity index (χ4v) is 2.59. The highest BCUT2D eigenvalue weighted by Crippen LogP contribution is 2.30. The topological polar surface area (TPSA) is 12.9 Å². The Morgan fingerprint density at radius 1 is 0.933 bits per heavy atom. The predicted octanol–water partition coefficient (Wildman–Crippen LogP) is 3.96. The lowest BCUT2D eigenvalue weighted by Crippen LogP contribution is -1.78. The molecule has 0 amide bonds. The molecule has 0 unspecified atom stereocenters. The maximum absolute atomic E-state index is 4.04. The average Bonchev–Trinajstić information content (AvgIpc) is 2.78. The number of pyridine rings is 1. The van der Waals surface area contributed by atoms with Crippen LogP contribution in [-0.4, -0.2) is 4.98 Å². The van der Waals surface area contributed by atoms with E-state index in [1.807, 2.05) is 24.5 Å². The second kappa shape index (κ2) is 3.48. The molecule has 3 rings (SSSR count). The van der Waals surface area contributed by atoms with Crippen molar-refractivity contribution in [2.45, 2.75) is 0 Å². The van der Waals surface area contributed by atoms with Crippen molar-refractivity contribution in [2.24, 2.45) is 0 Å². The van der Waals surface area contributed by atoms with Crippen LogP contribution in [0.15, 0.2) is 54.2 Å². The van der Waals surface area contributed by atoms with Gasteiger partial charge in [-0.1, -0.05) is 12.1 Å². The van der Waals surface area contributed by atoms with Gasteiger partial charge in [-0.15, -0.1) is 11.3 Å². The molecule has 0 spiro atoms. The van der Waals surface area contributed by atoms with Gasteiger partial charge >= 0.3 is 0 Å². The molecule has 0 N–H and O–H groups in total. The number of hydrogen-bond donors (Lipinski definition) is 0. The van der Waals surface area contributed by atoms with Crippen LogP contribution in [0, 0.1) is 0 Å². The Balaban J connectivity index is 2.31. The van der Waals surface area contributed by atoms with Crippen molar-refractivity contribution in [1.82, 2.24) is 4.98 Å². The van der Waals surface area contributed by atoms with Crippen molar-refractivity contribution in [3.63, 3.8) is 0 Å². The van der Waals surface area contributed by atoms with Gasteiger partial charge in [-0.05, 0) is 40.8 Å². The first-order valence-corrected chi connectivity index (χ1v) is 5.70. The van der Waals surface area contributed by atoms with Gasteiger partial charge in [0, 0.05) is 22.5 Å². The zero-order valence-corrected chi connectivity index (χ0v) is 8.87. The first kappa shape index (κ1) is 8.62. The molecule has 0 atom stereocenters. The lowest BCUT2D eigenvalue weighted by atomic mass is 10.0. The Kier molecular flexibility index (Phi) is 2.00. The molecule has 0 saturated carbocycles. The molecule has 1 nitrogen and oxygen atoms in total. The summed E-state index contributed by atoms with van der Waals surface area (Å²) >= 11 is 1.78. The Morgan fingerprint density at radius 2 is 1.80 bits per heavy atom. The van der Waals surface area contributed by atoms with Crippen LogP contribution in [0.2, 0.25) is 0 Å². The van der Waals surface area contributed by atoms with Gasteiger partial charge in [0.05, 0.1) is 0 Å². The summed E-state index contributed by atoms with van der Waals surface area (Å²) in [5.41, 5.74) is 2.52. The van der Waals surface area contributed by atoms with Crippen LogP contribution < -0.4 is 0 Å². The number of benzene rings is 1. The third-order valence-corrected chi connectivity index (χ3v) is 3.37. The molecule has 3 aromatic rings. The monoisotopic (exact) mass is 211 g/mol. The van der Waals surface area contributed by atoms with Crippen LogP contribution in [0.25, 0.3) is 21.2 Å². The number of nitrogens with zero attached hydrogens (tertiary/aromatic N) is 1. The Morgan fingerprint density at radius 3 is 2.67 bits per heavy atom. The summed E-state index contributed by atoms with van der Waals surface area (Å²) in [5.74, 6) is 0. The van der Waals surface area contributed by atoms with Crippen molar-refractivity contribution in [3.05, 3.63) is 54.2 Å². The highest BCUT2D eigenvalue weighted by Gasteiger charge is 2.03. The minimum absolute atomic E-state index is 1.23. The van der Waals surface area contributed by atoms with E-state index >= 15 is 0 Å². The summed E-state index contributed by atoms with van der Waals surface area (Å²) in [5, 5.41) is 3.46. The smallest absolute Gasteiger partial charge is 0.0348 e. The number of hydrogen-bond acceptors (Lipinski definition) is 2. The third-order valence-electron chi connectivity index (χ3n) is 2.49. The van der Waals surface area contributed by atoms with Crippen LogP contribution in [0.5, 0.6) is 0 Å². The van der Waals surface area contributed by atoms with E-state index in [-0.39, 0.29) is 0 Å². The van der Waals surface area contributed by atoms with Crippen LogP contribution in [0.1, 0.15) is 0 Å². The van der Waals surface area contributed by atoms with E-state index in [0.29, 0.717) is 0 Å². The molecule has 0 radical (unpaired) electrons. The normalized spacial score (nSPS) is 10.7. The van der Waals surface area contributed by atoms with Gasteiger partial charge in [-0.25, -0.2) is 0 Å². The molecule has 0 aliphatic rings. The molecule has 0 bridgehead atoms. The minimum atomic E-state index is 1.23. The standard InChI is InChI=1S/C13H9NS/c1-2-11(10-4-7-14-8-5-10)12-6-9-15-13(12)3-1/h1-9H. The van der Waals surface area contributed by atoms with Gasteiger partial charge in [-0.3, -0.25) is 4.98 Å². The van der Waals surface area contributed by atoms with Gasteiger partial charge in [0.1, 0.15) is 0 Å². The van der Waals surface area contributed by atoms with Crippen LogP contribution >= 0.6 is 11.3 Å². The molecule has 0 aliphatic heterocycles. The van der Waals surface area contributed by atoms with Crippen molar-refractivity contribution >= 4 is 21.4 Å². The number of rotatable bonds is 1. The van der Waals surface area contributed by atoms with E-state index < -0.39 is 0 Å². The van der Waals surface area contributed by atoms with Crippen LogP contribution in [-0.2, 0) is 0 Å². The van der Waals surface area contributed by atoms with E-state index in [9.17, 15) is 0 Å². The fourth-order valence-electron chi connectivity index (χ4n) is 1.78. The van der Waals surface area contributed by atoms with Crippen molar-refractivity contribution < 1.29 is 0 Å². The van der Waals surface area contributed by atoms with E-state index in [0.717, 1.165) is 0 Å². The molecule has 15 heavy (non-hydrogen) atoms. The van der Waals surface area contributed by atoms with Gasteiger partial charge < -0.3 is 0 Å². The first-order chi connectivity index (χ1) is 7.45. The second-order valence-electron chi connectivity index (χ2n) is 3.37. The van der Waals surface area contributed by atoms with Crippen molar-refractivity contribution in [3.8, 4) is 11.1 Å². The van der Waals surface area contributed by atoms with Crippen molar-refractivity contribution in [1.29, 1.82) is 0 Å². The quantitative estimate of drug-likeness (QED) is 0.593. The number of aromatic nitrogens is 1. The Labute approximate surface area is 92.0 Å². The summed E-state index contributed by atoms with van der Waals surface area (Å²) in [6, 6.07) is 12.7. The predicted molar refractivity (Wildman–Crippen MR) is 65.1 cm³/mol. The molecule has 2 aromatic heterocycles. The van der Waals surface area contributed by atoms with E-state index in [1.165, 1.54) is 21.2 Å². The molecule has 0 aliphatic carbocycles. The number of fused-ring (bicyclic) bond motifs is 1. The van der Waals surface area contributed by atoms with Gasteiger partial charge in [0.25, 0.3) is 0 Å². The molecule has 0 saturated heterocycles. The first-order valence-electron chi connectivity index (χ1n) is 4.82. The van der Waals surface area contributed by atoms with E-state index in [4.69, 9.17) is 0 Å². The molecule has 2 heterocycles. The summed E-state index contributed by atoms with van der Waals surface area (Å²) < 4.78 is 1.34. The van der Waals surface area contributed by atoms with Gasteiger partial charge in [0.15, 0.2) is 0 Å². The average molecular weight is 211 g/mol. The molecule has 0 fully saturated rings. The number of thiophene rings is 1. The zero-order chi connectivity index (χ0) is 10.1. The zero-order valence-electron chi connectivity index (χ0n) is 8.05. The summed E-state index contributed by atoms with van der Waals surface area (Å²) in [4.78, 5) is 4.04. The summed E-state index contributed by atoms with van der Waals surface area (Å²) in [6.07, 6.45) is 3.67. The summed E-state index contributed by atoms with van der Waals surface area (Å²) in [7, 11) is 0. The highest BCUT2D eigenvalue weighted by atomic mass is 32.1. The minimum Gasteiger partial charge on any atom is -0.265 e. The fraction of sp³-hybridized carbons (Fsp3) is 0. The maximum atomic E-state index is 4.04. The highest BCUT2D eigenvalue weighted by molar-refractivity contribution is 7.17. The van der Waals surface area contributed by atoms with E-state index in [1.54, 1.807) is 11.3 Å². The Hall–Kier alpha value is -1.67. The molecule has 1 aromatic carbocycles. The lowest BCUT2D eigenvalue weighted by molar-refractivity contribution is 1.33. The van der Waals surface area contributed by atoms with Gasteiger partial charge in [0.2, 0.25) is 0 Å². The summed E-state index contributed by atoms with van der Waals surface area (Å²) in [6.45, 7) is 0. The lowest BCUT2D eigenvalue weighted by Gasteiger charge is -2.02. The molecule has 72 valence electrons. The van der Waals surface area contributed by atoms with E-state index in [2.05, 4.69) is 34.6 Å². The third kappa shape index (κ3) is 1.43. The van der Waals surface area contributed by atoms with Crippen molar-refractivity contribution in [2.75, 3.05) is 0 Å². The van der Waals surface area contributed by atoms with Crippen LogP contribution in [0.4, 0.5) is 0 Å². The van der Waals surface area contributed by atoms with Crippen LogP contribution in [0.3, 0.4) is 0 Å². The molecule has 2 heteroatoms.